The molecule has 1 N–H and O–H groups in total. The number of nitrogens with zero attached hydrogens (tertiary/aromatic N) is 3. The number of rotatable bonds is 3. The molecule has 2 aliphatic rings. The van der Waals surface area contributed by atoms with E-state index in [4.69, 9.17) is 5.41 Å². The Morgan fingerprint density at radius 2 is 1.85 bits per heavy atom. The zero-order valence-corrected chi connectivity index (χ0v) is 15.9. The van der Waals surface area contributed by atoms with Gasteiger partial charge in [0.2, 0.25) is 5.17 Å². The van der Waals surface area contributed by atoms with Crippen LogP contribution in [0.1, 0.15) is 11.1 Å². The largest absolute Gasteiger partial charge is 0.283 e. The highest BCUT2D eigenvalue weighted by Gasteiger charge is 2.35. The Kier molecular flexibility index (Phi) is 4.57. The van der Waals surface area contributed by atoms with E-state index in [2.05, 4.69) is 26.0 Å². The molecule has 0 radical (unpaired) electrons. The molecule has 2 heterocycles. The van der Waals surface area contributed by atoms with Crippen molar-refractivity contribution in [1.29, 1.82) is 5.41 Å². The molecule has 0 aliphatic carbocycles. The number of amides is 1. The molecule has 2 aromatic carbocycles. The predicted molar refractivity (Wildman–Crippen MR) is 109 cm³/mol. The molecule has 2 aliphatic heterocycles. The van der Waals surface area contributed by atoms with Gasteiger partial charge in [-0.2, -0.15) is 15.1 Å². The van der Waals surface area contributed by atoms with Gasteiger partial charge in [0, 0.05) is 10.9 Å². The van der Waals surface area contributed by atoms with Crippen molar-refractivity contribution in [3.05, 3.63) is 75.8 Å². The molecule has 0 unspecified atom stereocenters. The van der Waals surface area contributed by atoms with Crippen LogP contribution < -0.4 is 0 Å². The van der Waals surface area contributed by atoms with Gasteiger partial charge in [0.25, 0.3) is 5.91 Å². The molecule has 0 bridgehead atoms. The predicted octanol–water partition coefficient (Wildman–Crippen LogP) is 4.31. The number of hydrogen-bond acceptors (Lipinski definition) is 4. The Labute approximate surface area is 163 Å². The van der Waals surface area contributed by atoms with Gasteiger partial charge in [-0.15, -0.1) is 0 Å². The Balaban J connectivity index is 1.61. The molecular formula is C19H13BrN4OS. The molecule has 4 rings (SSSR count). The first kappa shape index (κ1) is 16.9. The minimum atomic E-state index is -0.409. The lowest BCUT2D eigenvalue weighted by molar-refractivity contribution is -0.114. The lowest BCUT2D eigenvalue weighted by atomic mass is 10.1. The van der Waals surface area contributed by atoms with Gasteiger partial charge in [-0.25, -0.2) is 0 Å². The topological polar surface area (TPSA) is 68.9 Å². The van der Waals surface area contributed by atoms with Crippen LogP contribution in [0.15, 0.2) is 74.7 Å². The zero-order chi connectivity index (χ0) is 18.1. The summed E-state index contributed by atoms with van der Waals surface area (Å²) in [6.45, 7) is 0. The number of nitrogens with one attached hydrogen (secondary N) is 1. The Bertz CT molecular complexity index is 980. The Morgan fingerprint density at radius 1 is 1.12 bits per heavy atom. The summed E-state index contributed by atoms with van der Waals surface area (Å²) >= 11 is 4.72. The van der Waals surface area contributed by atoms with Crippen molar-refractivity contribution in [1.82, 2.24) is 5.01 Å². The maximum Gasteiger partial charge on any atom is 0.283 e. The van der Waals surface area contributed by atoms with Crippen LogP contribution in [0.5, 0.6) is 0 Å². The van der Waals surface area contributed by atoms with Gasteiger partial charge >= 0.3 is 0 Å². The summed E-state index contributed by atoms with van der Waals surface area (Å²) in [6, 6.07) is 17.5. The molecule has 7 heteroatoms. The first-order valence-corrected chi connectivity index (χ1v) is 9.50. The fourth-order valence-corrected chi connectivity index (χ4v) is 3.78. The van der Waals surface area contributed by atoms with E-state index in [1.807, 2.05) is 54.6 Å². The lowest BCUT2D eigenvalue weighted by Crippen LogP contribution is -2.35. The second kappa shape index (κ2) is 7.01. The zero-order valence-electron chi connectivity index (χ0n) is 13.5. The number of thioether (sulfide) groups is 1. The van der Waals surface area contributed by atoms with E-state index in [0.717, 1.165) is 20.6 Å². The Hall–Kier alpha value is -2.51. The van der Waals surface area contributed by atoms with Gasteiger partial charge in [-0.1, -0.05) is 58.4 Å². The number of hydrogen-bond donors (Lipinski definition) is 1. The third-order valence-corrected chi connectivity index (χ3v) is 5.31. The second-order valence-electron chi connectivity index (χ2n) is 5.73. The number of fused-ring (bicyclic) bond motifs is 1. The third kappa shape index (κ3) is 3.40. The summed E-state index contributed by atoms with van der Waals surface area (Å²) in [7, 11) is 0. The average Bonchev–Trinajstić information content (AvgIpc) is 3.03. The van der Waals surface area contributed by atoms with Crippen LogP contribution >= 0.6 is 27.7 Å². The number of carbonyl (C=O) groups is 1. The summed E-state index contributed by atoms with van der Waals surface area (Å²) in [4.78, 5) is 16.5. The molecule has 0 saturated carbocycles. The van der Waals surface area contributed by atoms with E-state index in [-0.39, 0.29) is 11.4 Å². The SMILES string of the molecule is N=C1C(=Cc2ccc(Br)cc2)C(=O)N=C2SC(Cc3ccccc3)=NN12. The molecule has 0 aromatic heterocycles. The number of carbonyl (C=O) groups excluding carboxylic acids is 1. The Morgan fingerprint density at radius 3 is 2.58 bits per heavy atom. The summed E-state index contributed by atoms with van der Waals surface area (Å²) in [5.41, 5.74) is 2.20. The number of halogens is 1. The second-order valence-corrected chi connectivity index (χ2v) is 7.68. The first-order chi connectivity index (χ1) is 12.6. The number of amidine groups is 2. The van der Waals surface area contributed by atoms with Crippen molar-refractivity contribution in [2.75, 3.05) is 0 Å². The van der Waals surface area contributed by atoms with E-state index in [1.165, 1.54) is 16.8 Å². The van der Waals surface area contributed by atoms with Crippen LogP contribution in [0.3, 0.4) is 0 Å². The van der Waals surface area contributed by atoms with E-state index < -0.39 is 5.91 Å². The molecule has 0 fully saturated rings. The quantitative estimate of drug-likeness (QED) is 0.746. The summed E-state index contributed by atoms with van der Waals surface area (Å²) in [5.74, 6) is -0.355. The van der Waals surface area contributed by atoms with Crippen molar-refractivity contribution < 1.29 is 4.79 Å². The third-order valence-electron chi connectivity index (χ3n) is 3.88. The van der Waals surface area contributed by atoms with Crippen molar-refractivity contribution in [2.24, 2.45) is 10.1 Å². The molecule has 0 saturated heterocycles. The monoisotopic (exact) mass is 424 g/mol. The molecule has 0 atom stereocenters. The van der Waals surface area contributed by atoms with Gasteiger partial charge in [-0.3, -0.25) is 10.2 Å². The van der Waals surface area contributed by atoms with E-state index in [0.29, 0.717) is 11.6 Å². The van der Waals surface area contributed by atoms with Gasteiger partial charge in [0.1, 0.15) is 5.04 Å². The summed E-state index contributed by atoms with van der Waals surface area (Å²) < 4.78 is 0.955. The van der Waals surface area contributed by atoms with Gasteiger partial charge < -0.3 is 0 Å². The molecular weight excluding hydrogens is 412 g/mol. The fourth-order valence-electron chi connectivity index (χ4n) is 2.60. The average molecular weight is 425 g/mol. The van der Waals surface area contributed by atoms with Crippen LogP contribution in [0.2, 0.25) is 0 Å². The smallest absolute Gasteiger partial charge is 0.282 e. The highest BCUT2D eigenvalue weighted by atomic mass is 79.9. The highest BCUT2D eigenvalue weighted by molar-refractivity contribution is 9.10. The minimum Gasteiger partial charge on any atom is -0.282 e. The lowest BCUT2D eigenvalue weighted by Gasteiger charge is -2.20. The number of hydrazone groups is 1. The molecule has 0 spiro atoms. The van der Waals surface area contributed by atoms with Crippen LogP contribution in [0, 0.1) is 5.41 Å². The van der Waals surface area contributed by atoms with Crippen molar-refractivity contribution in [3.63, 3.8) is 0 Å². The van der Waals surface area contributed by atoms with Crippen molar-refractivity contribution in [3.8, 4) is 0 Å². The number of aliphatic imine (C=N–C) groups is 1. The van der Waals surface area contributed by atoms with Gasteiger partial charge in [-0.05, 0) is 41.1 Å². The van der Waals surface area contributed by atoms with E-state index in [9.17, 15) is 4.79 Å². The first-order valence-electron chi connectivity index (χ1n) is 7.89. The van der Waals surface area contributed by atoms with Crippen molar-refractivity contribution in [2.45, 2.75) is 6.42 Å². The molecule has 26 heavy (non-hydrogen) atoms. The maximum atomic E-state index is 12.4. The van der Waals surface area contributed by atoms with Crippen LogP contribution in [-0.4, -0.2) is 27.0 Å². The van der Waals surface area contributed by atoms with Gasteiger partial charge in [0.15, 0.2) is 5.84 Å². The standard InChI is InChI=1S/C19H13BrN4OS/c20-14-8-6-13(7-9-14)10-15-17(21)24-19(22-18(15)25)26-16(23-24)11-12-4-2-1-3-5-12/h1-10,21H,11H2. The van der Waals surface area contributed by atoms with Crippen LogP contribution in [0.4, 0.5) is 0 Å². The normalized spacial score (nSPS) is 18.0. The summed E-state index contributed by atoms with van der Waals surface area (Å²) in [5, 5.41) is 15.6. The minimum absolute atomic E-state index is 0.0541. The van der Waals surface area contributed by atoms with Gasteiger partial charge in [0.05, 0.1) is 5.57 Å². The molecule has 128 valence electrons. The maximum absolute atomic E-state index is 12.4. The summed E-state index contributed by atoms with van der Waals surface area (Å²) in [6.07, 6.45) is 2.32. The van der Waals surface area contributed by atoms with Crippen LogP contribution in [-0.2, 0) is 11.2 Å². The van der Waals surface area contributed by atoms with E-state index in [1.54, 1.807) is 6.08 Å². The van der Waals surface area contributed by atoms with Crippen molar-refractivity contribution >= 4 is 55.7 Å². The molecule has 5 nitrogen and oxygen atoms in total. The molecule has 2 aromatic rings. The highest BCUT2D eigenvalue weighted by Crippen LogP contribution is 2.29. The molecule has 1 amide bonds. The van der Waals surface area contributed by atoms with Crippen LogP contribution in [0.25, 0.3) is 6.08 Å². The fraction of sp³-hybridized carbons (Fsp3) is 0.0526. The van der Waals surface area contributed by atoms with E-state index >= 15 is 0 Å². The number of benzene rings is 2.